The Morgan fingerprint density at radius 2 is 1.59 bits per heavy atom. The number of unbranched alkanes of at least 4 members (excludes halogenated alkanes) is 1. The van der Waals surface area contributed by atoms with Crippen LogP contribution in [0, 0.1) is 19.3 Å². The molecule has 1 aliphatic rings. The molecule has 3 N–H and O–H groups in total. The standard InChI is InChI=1S/C37H56N4O7S/c1-26-23-30(48-22-11-17-33(42)38-21-12-20-37(3,4)5)24-27(2)35(26)49(45,46)41-32(36(44)47-6)25-39-34(43)16-10-8-14-29-19-18-28-13-7-9-15-31(28)40-29/h18-19,23-24,32,41H,7-17,20-22,25H2,1-6H3,(H,38,42)(H,39,43). The van der Waals surface area contributed by atoms with Gasteiger partial charge in [0.1, 0.15) is 11.8 Å². The molecule has 49 heavy (non-hydrogen) atoms. The number of nitrogens with one attached hydrogen (secondary N) is 3. The van der Waals surface area contributed by atoms with Crippen LogP contribution < -0.4 is 20.1 Å². The van der Waals surface area contributed by atoms with Crippen LogP contribution in [0.5, 0.6) is 5.75 Å². The number of nitrogens with zero attached hydrogens (tertiary/aromatic N) is 1. The first-order valence-electron chi connectivity index (χ1n) is 17.5. The molecule has 1 atom stereocenters. The lowest BCUT2D eigenvalue weighted by Crippen LogP contribution is -2.49. The van der Waals surface area contributed by atoms with E-state index in [1.54, 1.807) is 26.0 Å². The second-order valence-corrected chi connectivity index (χ2v) is 15.8. The molecule has 3 rings (SSSR count). The summed E-state index contributed by atoms with van der Waals surface area (Å²) in [5.74, 6) is -0.625. The van der Waals surface area contributed by atoms with E-state index >= 15 is 0 Å². The summed E-state index contributed by atoms with van der Waals surface area (Å²) in [6.45, 7) is 10.5. The van der Waals surface area contributed by atoms with Crippen LogP contribution in [0.2, 0.25) is 0 Å². The molecule has 1 aromatic carbocycles. The maximum absolute atomic E-state index is 13.5. The molecule has 2 amide bonds. The fraction of sp³-hybridized carbons (Fsp3) is 0.622. The maximum atomic E-state index is 13.5. The van der Waals surface area contributed by atoms with E-state index in [0.717, 1.165) is 44.2 Å². The zero-order chi connectivity index (χ0) is 36.0. The minimum Gasteiger partial charge on any atom is -0.494 e. The van der Waals surface area contributed by atoms with Crippen molar-refractivity contribution in [3.63, 3.8) is 0 Å². The Morgan fingerprint density at radius 3 is 2.29 bits per heavy atom. The molecule has 0 aliphatic heterocycles. The van der Waals surface area contributed by atoms with Crippen LogP contribution in [0.25, 0.3) is 0 Å². The van der Waals surface area contributed by atoms with Crippen LogP contribution >= 0.6 is 0 Å². The van der Waals surface area contributed by atoms with Crippen molar-refractivity contribution in [3.8, 4) is 5.75 Å². The largest absolute Gasteiger partial charge is 0.494 e. The number of hydrogen-bond donors (Lipinski definition) is 3. The van der Waals surface area contributed by atoms with Gasteiger partial charge in [0.2, 0.25) is 21.8 Å². The quantitative estimate of drug-likeness (QED) is 0.136. The molecule has 1 aromatic heterocycles. The molecule has 1 unspecified atom stereocenters. The molecule has 272 valence electrons. The van der Waals surface area contributed by atoms with Gasteiger partial charge in [-0.05, 0) is 118 Å². The number of esters is 1. The van der Waals surface area contributed by atoms with Crippen LogP contribution in [0.1, 0.15) is 107 Å². The predicted molar refractivity (Wildman–Crippen MR) is 190 cm³/mol. The van der Waals surface area contributed by atoms with Gasteiger partial charge in [-0.1, -0.05) is 26.8 Å². The van der Waals surface area contributed by atoms with E-state index < -0.39 is 22.0 Å². The van der Waals surface area contributed by atoms with Crippen LogP contribution in [-0.4, -0.2) is 64.0 Å². The average molecular weight is 701 g/mol. The summed E-state index contributed by atoms with van der Waals surface area (Å²) in [6, 6.07) is 6.16. The number of aromatic nitrogens is 1. The van der Waals surface area contributed by atoms with E-state index in [4.69, 9.17) is 14.5 Å². The van der Waals surface area contributed by atoms with Crippen molar-refractivity contribution in [2.24, 2.45) is 5.41 Å². The number of carbonyl (C=O) groups excluding carboxylic acids is 3. The van der Waals surface area contributed by atoms with Crippen LogP contribution in [0.15, 0.2) is 29.2 Å². The summed E-state index contributed by atoms with van der Waals surface area (Å²) >= 11 is 0. The molecule has 11 nitrogen and oxygen atoms in total. The van der Waals surface area contributed by atoms with Gasteiger partial charge in [0.15, 0.2) is 0 Å². The zero-order valence-electron chi connectivity index (χ0n) is 30.2. The summed E-state index contributed by atoms with van der Waals surface area (Å²) in [5.41, 5.74) is 4.67. The topological polar surface area (TPSA) is 153 Å². The van der Waals surface area contributed by atoms with Crippen molar-refractivity contribution in [2.75, 3.05) is 26.8 Å². The van der Waals surface area contributed by atoms with E-state index in [2.05, 4.69) is 48.3 Å². The number of aryl methyl sites for hydroxylation is 5. The normalized spacial score (nSPS) is 13.7. The molecule has 12 heteroatoms. The molecular formula is C37H56N4O7S. The predicted octanol–water partition coefficient (Wildman–Crippen LogP) is 5.03. The fourth-order valence-electron chi connectivity index (χ4n) is 6.00. The average Bonchev–Trinajstić information content (AvgIpc) is 3.04. The molecule has 1 aliphatic carbocycles. The van der Waals surface area contributed by atoms with Gasteiger partial charge >= 0.3 is 5.97 Å². The van der Waals surface area contributed by atoms with E-state index in [0.29, 0.717) is 49.3 Å². The van der Waals surface area contributed by atoms with Crippen LogP contribution in [-0.2, 0) is 48.4 Å². The number of methoxy groups -OCH3 is 1. The zero-order valence-corrected chi connectivity index (χ0v) is 31.0. The highest BCUT2D eigenvalue weighted by Crippen LogP contribution is 2.26. The van der Waals surface area contributed by atoms with Gasteiger partial charge in [0.25, 0.3) is 0 Å². The van der Waals surface area contributed by atoms with Crippen molar-refractivity contribution < 1.29 is 32.3 Å². The number of fused-ring (bicyclic) bond motifs is 1. The van der Waals surface area contributed by atoms with Crippen molar-refractivity contribution in [1.82, 2.24) is 20.3 Å². The number of sulfonamides is 1. The molecular weight excluding hydrogens is 644 g/mol. The Morgan fingerprint density at radius 1 is 0.918 bits per heavy atom. The maximum Gasteiger partial charge on any atom is 0.325 e. The molecule has 2 aromatic rings. The van der Waals surface area contributed by atoms with E-state index in [9.17, 15) is 22.8 Å². The summed E-state index contributed by atoms with van der Waals surface area (Å²) in [7, 11) is -3.01. The van der Waals surface area contributed by atoms with Gasteiger partial charge in [0.05, 0.1) is 18.6 Å². The first kappa shape index (κ1) is 39.9. The third-order valence-corrected chi connectivity index (χ3v) is 10.3. The smallest absolute Gasteiger partial charge is 0.325 e. The molecule has 0 radical (unpaired) electrons. The lowest BCUT2D eigenvalue weighted by molar-refractivity contribution is -0.142. The van der Waals surface area contributed by atoms with Crippen molar-refractivity contribution in [2.45, 2.75) is 123 Å². The SMILES string of the molecule is COC(=O)C(CNC(=O)CCCCc1ccc2c(n1)CCCC2)NS(=O)(=O)c1c(C)cc(OCCCC(=O)NCCCC(C)(C)C)cc1C. The molecule has 0 spiro atoms. The van der Waals surface area contributed by atoms with Crippen molar-refractivity contribution in [1.29, 1.82) is 0 Å². The summed E-state index contributed by atoms with van der Waals surface area (Å²) in [4.78, 5) is 42.1. The first-order chi connectivity index (χ1) is 23.2. The highest BCUT2D eigenvalue weighted by atomic mass is 32.2. The van der Waals surface area contributed by atoms with E-state index in [-0.39, 0.29) is 35.1 Å². The molecule has 0 saturated heterocycles. The monoisotopic (exact) mass is 700 g/mol. The second kappa shape index (κ2) is 19.0. The number of carbonyl (C=O) groups is 3. The summed E-state index contributed by atoms with van der Waals surface area (Å²) in [5, 5.41) is 5.61. The van der Waals surface area contributed by atoms with Gasteiger partial charge in [-0.3, -0.25) is 19.4 Å². The van der Waals surface area contributed by atoms with Gasteiger partial charge in [0, 0.05) is 37.3 Å². The minimum atomic E-state index is -4.17. The highest BCUT2D eigenvalue weighted by Gasteiger charge is 2.29. The fourth-order valence-corrected chi connectivity index (χ4v) is 7.64. The number of pyridine rings is 1. The van der Waals surface area contributed by atoms with Crippen LogP contribution in [0.4, 0.5) is 0 Å². The van der Waals surface area contributed by atoms with Gasteiger partial charge in [-0.25, -0.2) is 8.42 Å². The molecule has 0 fully saturated rings. The Hall–Kier alpha value is -3.51. The summed E-state index contributed by atoms with van der Waals surface area (Å²) < 4.78 is 40.0. The number of amides is 2. The Kier molecular flexibility index (Phi) is 15.5. The first-order valence-corrected chi connectivity index (χ1v) is 19.0. The number of benzene rings is 1. The third kappa shape index (κ3) is 13.7. The minimum absolute atomic E-state index is 0.0190. The van der Waals surface area contributed by atoms with E-state index in [1.807, 2.05) is 0 Å². The Bertz CT molecular complexity index is 1510. The lowest BCUT2D eigenvalue weighted by atomic mass is 9.91. The number of hydrogen-bond acceptors (Lipinski definition) is 8. The highest BCUT2D eigenvalue weighted by molar-refractivity contribution is 7.89. The molecule has 0 bridgehead atoms. The Labute approximate surface area is 292 Å². The number of rotatable bonds is 19. The second-order valence-electron chi connectivity index (χ2n) is 14.2. The van der Waals surface area contributed by atoms with Gasteiger partial charge < -0.3 is 20.1 Å². The van der Waals surface area contributed by atoms with Gasteiger partial charge in [-0.2, -0.15) is 4.72 Å². The van der Waals surface area contributed by atoms with Gasteiger partial charge in [-0.15, -0.1) is 0 Å². The van der Waals surface area contributed by atoms with Crippen molar-refractivity contribution >= 4 is 27.8 Å². The van der Waals surface area contributed by atoms with Crippen LogP contribution in [0.3, 0.4) is 0 Å². The molecule has 1 heterocycles. The van der Waals surface area contributed by atoms with Crippen molar-refractivity contribution in [3.05, 3.63) is 52.3 Å². The molecule has 0 saturated carbocycles. The summed E-state index contributed by atoms with van der Waals surface area (Å²) in [6.07, 6.45) is 9.77. The number of ether oxygens (including phenoxy) is 2. The third-order valence-electron chi connectivity index (χ3n) is 8.55. The Balaban J connectivity index is 1.46. The lowest BCUT2D eigenvalue weighted by Gasteiger charge is -2.20. The van der Waals surface area contributed by atoms with E-state index in [1.165, 1.54) is 31.2 Å².